The second kappa shape index (κ2) is 6.72. The summed E-state index contributed by atoms with van der Waals surface area (Å²) in [4.78, 5) is 39.2. The zero-order valence-electron chi connectivity index (χ0n) is 17.1. The molecule has 0 bridgehead atoms. The van der Waals surface area contributed by atoms with Gasteiger partial charge in [0.1, 0.15) is 12.1 Å². The van der Waals surface area contributed by atoms with Crippen molar-refractivity contribution in [3.05, 3.63) is 46.3 Å². The Morgan fingerprint density at radius 1 is 1.24 bits per heavy atom. The standard InChI is InChI=1S/C21H25N5O3/c1-12-18(13(2)25(4)24-12)22-17(27)11-26-19(28)21(3,23-20(26)29)16-9-8-14-6-5-7-15(14)10-16/h8-10H,5-7,11H2,1-4H3,(H,22,27)(H,23,29). The van der Waals surface area contributed by atoms with E-state index in [1.165, 1.54) is 11.1 Å². The van der Waals surface area contributed by atoms with Crippen LogP contribution in [0.4, 0.5) is 10.5 Å². The Morgan fingerprint density at radius 2 is 1.97 bits per heavy atom. The van der Waals surface area contributed by atoms with Crippen LogP contribution in [0.25, 0.3) is 0 Å². The van der Waals surface area contributed by atoms with Crippen molar-refractivity contribution in [1.29, 1.82) is 0 Å². The zero-order chi connectivity index (χ0) is 20.9. The highest BCUT2D eigenvalue weighted by Crippen LogP contribution is 2.32. The molecule has 2 N–H and O–H groups in total. The van der Waals surface area contributed by atoms with Crippen molar-refractivity contribution in [2.45, 2.75) is 45.6 Å². The van der Waals surface area contributed by atoms with Crippen LogP contribution in [0.2, 0.25) is 0 Å². The van der Waals surface area contributed by atoms with Gasteiger partial charge in [-0.15, -0.1) is 0 Å². The number of imide groups is 1. The van der Waals surface area contributed by atoms with Crippen molar-refractivity contribution < 1.29 is 14.4 Å². The molecule has 152 valence electrons. The van der Waals surface area contributed by atoms with Crippen LogP contribution in [0.3, 0.4) is 0 Å². The molecule has 8 nitrogen and oxygen atoms in total. The van der Waals surface area contributed by atoms with Crippen LogP contribution in [-0.2, 0) is 35.0 Å². The van der Waals surface area contributed by atoms with E-state index in [9.17, 15) is 14.4 Å². The number of fused-ring (bicyclic) bond motifs is 1. The van der Waals surface area contributed by atoms with Gasteiger partial charge in [0.2, 0.25) is 5.91 Å². The minimum absolute atomic E-state index is 0.348. The Hall–Kier alpha value is -3.16. The van der Waals surface area contributed by atoms with Gasteiger partial charge in [0.15, 0.2) is 0 Å². The predicted molar refractivity (Wildman–Crippen MR) is 107 cm³/mol. The molecule has 1 aromatic carbocycles. The average Bonchev–Trinajstić information content (AvgIpc) is 3.30. The van der Waals surface area contributed by atoms with Crippen molar-refractivity contribution in [3.8, 4) is 0 Å². The smallest absolute Gasteiger partial charge is 0.321 e. The molecule has 1 unspecified atom stereocenters. The highest BCUT2D eigenvalue weighted by atomic mass is 16.2. The molecular formula is C21H25N5O3. The SMILES string of the molecule is Cc1nn(C)c(C)c1NC(=O)CN1C(=O)NC(C)(c2ccc3c(c2)CCC3)C1=O. The number of urea groups is 1. The number of nitrogens with one attached hydrogen (secondary N) is 2. The molecule has 0 saturated carbocycles. The Labute approximate surface area is 169 Å². The molecule has 1 saturated heterocycles. The third kappa shape index (κ3) is 3.08. The van der Waals surface area contributed by atoms with Gasteiger partial charge in [0, 0.05) is 7.05 Å². The molecule has 1 atom stereocenters. The van der Waals surface area contributed by atoms with Crippen molar-refractivity contribution in [2.75, 3.05) is 11.9 Å². The topological polar surface area (TPSA) is 96.3 Å². The minimum Gasteiger partial charge on any atom is -0.321 e. The number of benzene rings is 1. The normalized spacial score (nSPS) is 20.8. The number of carbonyl (C=O) groups is 3. The van der Waals surface area contributed by atoms with Gasteiger partial charge >= 0.3 is 6.03 Å². The van der Waals surface area contributed by atoms with Crippen LogP contribution in [-0.4, -0.2) is 39.1 Å². The van der Waals surface area contributed by atoms with E-state index in [-0.39, 0.29) is 6.54 Å². The molecule has 0 spiro atoms. The largest absolute Gasteiger partial charge is 0.325 e. The number of amides is 4. The fraction of sp³-hybridized carbons (Fsp3) is 0.429. The molecule has 1 fully saturated rings. The molecule has 4 amide bonds. The van der Waals surface area contributed by atoms with Crippen LogP contribution >= 0.6 is 0 Å². The first-order valence-corrected chi connectivity index (χ1v) is 9.77. The van der Waals surface area contributed by atoms with E-state index >= 15 is 0 Å². The van der Waals surface area contributed by atoms with E-state index in [4.69, 9.17) is 0 Å². The molecule has 2 heterocycles. The molecule has 29 heavy (non-hydrogen) atoms. The summed E-state index contributed by atoms with van der Waals surface area (Å²) < 4.78 is 1.67. The maximum atomic E-state index is 13.1. The number of aromatic nitrogens is 2. The Bertz CT molecular complexity index is 1040. The molecule has 2 aliphatic rings. The van der Waals surface area contributed by atoms with Crippen LogP contribution < -0.4 is 10.6 Å². The quantitative estimate of drug-likeness (QED) is 0.773. The van der Waals surface area contributed by atoms with Gasteiger partial charge in [-0.1, -0.05) is 18.2 Å². The van der Waals surface area contributed by atoms with Crippen LogP contribution in [0, 0.1) is 13.8 Å². The maximum Gasteiger partial charge on any atom is 0.325 e. The fourth-order valence-electron chi connectivity index (χ4n) is 4.20. The van der Waals surface area contributed by atoms with E-state index < -0.39 is 23.4 Å². The number of hydrogen-bond donors (Lipinski definition) is 2. The second-order valence-electron chi connectivity index (χ2n) is 8.00. The second-order valence-corrected chi connectivity index (χ2v) is 8.00. The van der Waals surface area contributed by atoms with Crippen LogP contribution in [0.5, 0.6) is 0 Å². The van der Waals surface area contributed by atoms with Gasteiger partial charge in [-0.25, -0.2) is 4.79 Å². The predicted octanol–water partition coefficient (Wildman–Crippen LogP) is 1.93. The lowest BCUT2D eigenvalue weighted by Gasteiger charge is -2.23. The lowest BCUT2D eigenvalue weighted by molar-refractivity contribution is -0.133. The molecule has 1 aliphatic heterocycles. The number of anilines is 1. The van der Waals surface area contributed by atoms with Crippen molar-refractivity contribution in [1.82, 2.24) is 20.0 Å². The van der Waals surface area contributed by atoms with Gasteiger partial charge in [-0.2, -0.15) is 5.10 Å². The summed E-state index contributed by atoms with van der Waals surface area (Å²) in [6, 6.07) is 5.37. The summed E-state index contributed by atoms with van der Waals surface area (Å²) >= 11 is 0. The van der Waals surface area contributed by atoms with Crippen LogP contribution in [0.15, 0.2) is 18.2 Å². The third-order valence-corrected chi connectivity index (χ3v) is 6.03. The zero-order valence-corrected chi connectivity index (χ0v) is 17.1. The lowest BCUT2D eigenvalue weighted by Crippen LogP contribution is -2.42. The number of nitrogens with zero attached hydrogens (tertiary/aromatic N) is 3. The molecule has 8 heteroatoms. The van der Waals surface area contributed by atoms with Crippen molar-refractivity contribution in [2.24, 2.45) is 7.05 Å². The highest BCUT2D eigenvalue weighted by Gasteiger charge is 2.49. The molecule has 1 aliphatic carbocycles. The van der Waals surface area contributed by atoms with E-state index in [1.54, 1.807) is 25.6 Å². The fourth-order valence-corrected chi connectivity index (χ4v) is 4.20. The number of rotatable bonds is 4. The number of hydrogen-bond acceptors (Lipinski definition) is 4. The van der Waals surface area contributed by atoms with E-state index in [2.05, 4.69) is 15.7 Å². The lowest BCUT2D eigenvalue weighted by atomic mass is 9.89. The summed E-state index contributed by atoms with van der Waals surface area (Å²) in [5.74, 6) is -0.860. The summed E-state index contributed by atoms with van der Waals surface area (Å²) in [7, 11) is 1.79. The maximum absolute atomic E-state index is 13.1. The monoisotopic (exact) mass is 395 g/mol. The summed E-state index contributed by atoms with van der Waals surface area (Å²) in [6.45, 7) is 4.98. The molecule has 4 rings (SSSR count). The minimum atomic E-state index is -1.17. The average molecular weight is 395 g/mol. The van der Waals surface area contributed by atoms with Crippen LogP contribution in [0.1, 0.15) is 41.4 Å². The van der Waals surface area contributed by atoms with Gasteiger partial charge in [0.05, 0.1) is 17.1 Å². The first kappa shape index (κ1) is 19.2. The van der Waals surface area contributed by atoms with Gasteiger partial charge in [-0.05, 0) is 56.7 Å². The summed E-state index contributed by atoms with van der Waals surface area (Å²) in [6.07, 6.45) is 3.14. The van der Waals surface area contributed by atoms with Gasteiger partial charge < -0.3 is 10.6 Å². The van der Waals surface area contributed by atoms with E-state index in [1.807, 2.05) is 25.1 Å². The third-order valence-electron chi connectivity index (χ3n) is 6.03. The highest BCUT2D eigenvalue weighted by molar-refractivity contribution is 6.10. The van der Waals surface area contributed by atoms with E-state index in [0.717, 1.165) is 35.4 Å². The van der Waals surface area contributed by atoms with E-state index in [0.29, 0.717) is 11.4 Å². The molecule has 0 radical (unpaired) electrons. The first-order valence-electron chi connectivity index (χ1n) is 9.77. The number of carbonyl (C=O) groups excluding carboxylic acids is 3. The Morgan fingerprint density at radius 3 is 2.66 bits per heavy atom. The summed E-state index contributed by atoms with van der Waals surface area (Å²) in [5.41, 5.74) is 4.19. The van der Waals surface area contributed by atoms with Crippen molar-refractivity contribution in [3.63, 3.8) is 0 Å². The molecule has 2 aromatic rings. The molecular weight excluding hydrogens is 370 g/mol. The number of aryl methyl sites for hydroxylation is 4. The van der Waals surface area contributed by atoms with Gasteiger partial charge in [-0.3, -0.25) is 19.2 Å². The van der Waals surface area contributed by atoms with Gasteiger partial charge in [0.25, 0.3) is 5.91 Å². The Balaban J connectivity index is 1.53. The molecule has 1 aromatic heterocycles. The Kier molecular flexibility index (Phi) is 4.44. The van der Waals surface area contributed by atoms with Crippen molar-refractivity contribution >= 4 is 23.5 Å². The summed E-state index contributed by atoms with van der Waals surface area (Å²) in [5, 5.41) is 9.81. The first-order chi connectivity index (χ1) is 13.7.